The predicted molar refractivity (Wildman–Crippen MR) is 108 cm³/mol. The summed E-state index contributed by atoms with van der Waals surface area (Å²) in [5.41, 5.74) is 0.601. The molecule has 4 N–H and O–H groups in total. The van der Waals surface area contributed by atoms with Gasteiger partial charge in [-0.3, -0.25) is 4.79 Å². The van der Waals surface area contributed by atoms with Crippen molar-refractivity contribution in [3.8, 4) is 11.5 Å². The van der Waals surface area contributed by atoms with Gasteiger partial charge in [-0.05, 0) is 30.3 Å². The van der Waals surface area contributed by atoms with Crippen LogP contribution in [0.4, 0.5) is 0 Å². The minimum atomic E-state index is -1.59. The first-order valence-corrected chi connectivity index (χ1v) is 9.80. The van der Waals surface area contributed by atoms with Gasteiger partial charge in [0.2, 0.25) is 6.29 Å². The number of rotatable bonds is 7. The third kappa shape index (κ3) is 5.54. The Morgan fingerprint density at radius 3 is 2.44 bits per heavy atom. The number of hydrogen-bond donors (Lipinski definition) is 4. The number of benzene rings is 2. The number of hydrogen-bond acceptors (Lipinski definition) is 10. The number of phenolic OH excluding ortho intramolecular Hbond substituents is 1. The Morgan fingerprint density at radius 1 is 1.06 bits per heavy atom. The fourth-order valence-electron chi connectivity index (χ4n) is 3.19. The topological polar surface area (TPSA) is 152 Å². The molecule has 1 fully saturated rings. The molecule has 0 aliphatic carbocycles. The molecular formula is C22H24O10. The van der Waals surface area contributed by atoms with Crippen LogP contribution in [0.15, 0.2) is 48.5 Å². The van der Waals surface area contributed by atoms with E-state index in [-0.39, 0.29) is 23.7 Å². The Hall–Kier alpha value is -3.18. The second-order valence-corrected chi connectivity index (χ2v) is 7.13. The van der Waals surface area contributed by atoms with E-state index in [0.29, 0.717) is 5.56 Å². The number of phenols is 1. The van der Waals surface area contributed by atoms with E-state index in [2.05, 4.69) is 0 Å². The lowest BCUT2D eigenvalue weighted by Crippen LogP contribution is -2.61. The lowest BCUT2D eigenvalue weighted by Gasteiger charge is -2.41. The predicted octanol–water partition coefficient (Wildman–Crippen LogP) is 0.499. The molecule has 0 radical (unpaired) electrons. The number of esters is 2. The Labute approximate surface area is 183 Å². The van der Waals surface area contributed by atoms with Crippen LogP contribution in [-0.4, -0.2) is 69.7 Å². The summed E-state index contributed by atoms with van der Waals surface area (Å²) >= 11 is 0. The molecule has 1 saturated heterocycles. The average Bonchev–Trinajstić information content (AvgIpc) is 2.78. The molecule has 0 bridgehead atoms. The number of carbonyl (C=O) groups excluding carboxylic acids is 2. The standard InChI is InChI=1S/C22H24O10/c1-12(24)30-20-19(27)18(26)17(10-23)32-22(20)31-16-8-7-15(25)9-14(16)11-29-21(28)13-5-3-2-4-6-13/h2-9,17-20,22-23,25-27H,10-11H2,1H3/t17-,18-,19+,20-,22-/m1/s1. The maximum atomic E-state index is 12.2. The van der Waals surface area contributed by atoms with Crippen molar-refractivity contribution < 1.29 is 49.0 Å². The molecular weight excluding hydrogens is 424 g/mol. The van der Waals surface area contributed by atoms with E-state index < -0.39 is 49.3 Å². The molecule has 0 amide bonds. The molecule has 1 heterocycles. The van der Waals surface area contributed by atoms with Crippen LogP contribution in [0.25, 0.3) is 0 Å². The van der Waals surface area contributed by atoms with Crippen LogP contribution in [0, 0.1) is 0 Å². The molecule has 2 aromatic carbocycles. The van der Waals surface area contributed by atoms with Gasteiger partial charge < -0.3 is 39.4 Å². The molecule has 32 heavy (non-hydrogen) atoms. The van der Waals surface area contributed by atoms with E-state index in [4.69, 9.17) is 18.9 Å². The Morgan fingerprint density at radius 2 is 1.78 bits per heavy atom. The fourth-order valence-corrected chi connectivity index (χ4v) is 3.19. The van der Waals surface area contributed by atoms with Crippen LogP contribution >= 0.6 is 0 Å². The maximum absolute atomic E-state index is 12.2. The zero-order valence-corrected chi connectivity index (χ0v) is 17.2. The highest BCUT2D eigenvalue weighted by Gasteiger charge is 2.47. The van der Waals surface area contributed by atoms with Gasteiger partial charge in [0.05, 0.1) is 12.2 Å². The second kappa shape index (κ2) is 10.4. The van der Waals surface area contributed by atoms with Crippen molar-refractivity contribution in [3.05, 3.63) is 59.7 Å². The van der Waals surface area contributed by atoms with E-state index in [1.165, 1.54) is 18.2 Å². The average molecular weight is 448 g/mol. The van der Waals surface area contributed by atoms with Gasteiger partial charge in [-0.2, -0.15) is 0 Å². The van der Waals surface area contributed by atoms with Crippen LogP contribution < -0.4 is 4.74 Å². The van der Waals surface area contributed by atoms with Crippen LogP contribution in [0.3, 0.4) is 0 Å². The molecule has 5 atom stereocenters. The van der Waals surface area contributed by atoms with E-state index in [0.717, 1.165) is 6.92 Å². The van der Waals surface area contributed by atoms with Crippen LogP contribution in [0.1, 0.15) is 22.8 Å². The summed E-state index contributed by atoms with van der Waals surface area (Å²) in [6, 6.07) is 12.3. The van der Waals surface area contributed by atoms with E-state index in [9.17, 15) is 30.0 Å². The lowest BCUT2D eigenvalue weighted by molar-refractivity contribution is -0.282. The van der Waals surface area contributed by atoms with Gasteiger partial charge in [0.25, 0.3) is 0 Å². The first-order chi connectivity index (χ1) is 15.3. The highest BCUT2D eigenvalue weighted by Crippen LogP contribution is 2.30. The van der Waals surface area contributed by atoms with Gasteiger partial charge in [0, 0.05) is 12.5 Å². The normalized spacial score (nSPS) is 25.1. The van der Waals surface area contributed by atoms with Crippen molar-refractivity contribution in [1.29, 1.82) is 0 Å². The maximum Gasteiger partial charge on any atom is 0.338 e. The Bertz CT molecular complexity index is 932. The summed E-state index contributed by atoms with van der Waals surface area (Å²) < 4.78 is 21.6. The first kappa shape index (κ1) is 23.5. The van der Waals surface area contributed by atoms with Crippen LogP contribution in [-0.2, 0) is 25.6 Å². The monoisotopic (exact) mass is 448 g/mol. The molecule has 0 aromatic heterocycles. The first-order valence-electron chi connectivity index (χ1n) is 9.80. The summed E-state index contributed by atoms with van der Waals surface area (Å²) in [6.07, 6.45) is -7.11. The third-order valence-corrected chi connectivity index (χ3v) is 4.78. The summed E-state index contributed by atoms with van der Waals surface area (Å²) in [6.45, 7) is 0.225. The molecule has 0 saturated carbocycles. The molecule has 2 aromatic rings. The summed E-state index contributed by atoms with van der Waals surface area (Å²) in [4.78, 5) is 23.7. The van der Waals surface area contributed by atoms with Gasteiger partial charge >= 0.3 is 11.9 Å². The van der Waals surface area contributed by atoms with Crippen LogP contribution in [0.5, 0.6) is 11.5 Å². The van der Waals surface area contributed by atoms with Crippen molar-refractivity contribution >= 4 is 11.9 Å². The molecule has 1 aliphatic heterocycles. The van der Waals surface area contributed by atoms with Gasteiger partial charge in [-0.1, -0.05) is 18.2 Å². The minimum absolute atomic E-state index is 0.103. The SMILES string of the molecule is CC(=O)O[C@H]1[C@H](Oc2ccc(O)cc2COC(=O)c2ccccc2)O[C@H](CO)[C@@H](O)[C@@H]1O. The van der Waals surface area contributed by atoms with Gasteiger partial charge in [-0.15, -0.1) is 0 Å². The summed E-state index contributed by atoms with van der Waals surface area (Å²) in [5, 5.41) is 39.7. The highest BCUT2D eigenvalue weighted by atomic mass is 16.7. The zero-order valence-electron chi connectivity index (χ0n) is 17.2. The molecule has 10 heteroatoms. The number of carbonyl (C=O) groups is 2. The quantitative estimate of drug-likeness (QED) is 0.441. The molecule has 0 spiro atoms. The largest absolute Gasteiger partial charge is 0.508 e. The van der Waals surface area contributed by atoms with Gasteiger partial charge in [0.1, 0.15) is 36.4 Å². The number of aliphatic hydroxyl groups is 3. The van der Waals surface area contributed by atoms with Crippen molar-refractivity contribution in [2.45, 2.75) is 44.2 Å². The van der Waals surface area contributed by atoms with Crippen molar-refractivity contribution in [2.24, 2.45) is 0 Å². The summed E-state index contributed by atoms with van der Waals surface area (Å²) in [5.74, 6) is -1.35. The van der Waals surface area contributed by atoms with Crippen molar-refractivity contribution in [2.75, 3.05) is 6.61 Å². The fraction of sp³-hybridized carbons (Fsp3) is 0.364. The van der Waals surface area contributed by atoms with Gasteiger partial charge in [0.15, 0.2) is 6.10 Å². The third-order valence-electron chi connectivity index (χ3n) is 4.78. The highest BCUT2D eigenvalue weighted by molar-refractivity contribution is 5.89. The van der Waals surface area contributed by atoms with E-state index >= 15 is 0 Å². The zero-order chi connectivity index (χ0) is 23.3. The molecule has 10 nitrogen and oxygen atoms in total. The molecule has 3 rings (SSSR count). The molecule has 0 unspecified atom stereocenters. The van der Waals surface area contributed by atoms with Crippen molar-refractivity contribution in [3.63, 3.8) is 0 Å². The lowest BCUT2D eigenvalue weighted by atomic mass is 9.99. The van der Waals surface area contributed by atoms with Crippen LogP contribution in [0.2, 0.25) is 0 Å². The summed E-state index contributed by atoms with van der Waals surface area (Å²) in [7, 11) is 0. The minimum Gasteiger partial charge on any atom is -0.508 e. The Kier molecular flexibility index (Phi) is 7.65. The van der Waals surface area contributed by atoms with E-state index in [1.807, 2.05) is 0 Å². The number of aliphatic hydroxyl groups excluding tert-OH is 3. The molecule has 172 valence electrons. The van der Waals surface area contributed by atoms with E-state index in [1.54, 1.807) is 30.3 Å². The number of aromatic hydroxyl groups is 1. The number of ether oxygens (including phenoxy) is 4. The van der Waals surface area contributed by atoms with Crippen molar-refractivity contribution in [1.82, 2.24) is 0 Å². The van der Waals surface area contributed by atoms with Gasteiger partial charge in [-0.25, -0.2) is 4.79 Å². The second-order valence-electron chi connectivity index (χ2n) is 7.13. The smallest absolute Gasteiger partial charge is 0.338 e. The Balaban J connectivity index is 1.80. The molecule has 1 aliphatic rings.